The van der Waals surface area contributed by atoms with Crippen LogP contribution >= 0.6 is 0 Å². The van der Waals surface area contributed by atoms with Crippen LogP contribution in [0.1, 0.15) is 20.3 Å². The lowest BCUT2D eigenvalue weighted by molar-refractivity contribution is -0.305. The van der Waals surface area contributed by atoms with E-state index in [1.807, 2.05) is 6.92 Å². The van der Waals surface area contributed by atoms with Gasteiger partial charge in [-0.2, -0.15) is 0 Å². The van der Waals surface area contributed by atoms with E-state index in [2.05, 4.69) is 5.92 Å². The van der Waals surface area contributed by atoms with Crippen LogP contribution in [0.3, 0.4) is 0 Å². The molecule has 7 atom stereocenters. The molecule has 0 aromatic heterocycles. The van der Waals surface area contributed by atoms with Gasteiger partial charge in [0.15, 0.2) is 11.4 Å². The molecule has 6 heteroatoms. The van der Waals surface area contributed by atoms with Crippen LogP contribution in [0.2, 0.25) is 0 Å². The molecule has 21 heavy (non-hydrogen) atoms. The Hall–Kier alpha value is -1.42. The third-order valence-electron chi connectivity index (χ3n) is 5.85. The molecule has 3 aliphatic heterocycles. The van der Waals surface area contributed by atoms with Gasteiger partial charge in [-0.15, -0.1) is 6.42 Å². The van der Waals surface area contributed by atoms with Crippen LogP contribution in [0, 0.1) is 29.6 Å². The predicted molar refractivity (Wildman–Crippen MR) is 67.6 cm³/mol. The van der Waals surface area contributed by atoms with E-state index in [9.17, 15) is 14.7 Å². The molecule has 1 N–H and O–H groups in total. The zero-order valence-corrected chi connectivity index (χ0v) is 11.8. The molecule has 3 saturated heterocycles. The molecule has 4 rings (SSSR count). The molecule has 1 saturated carbocycles. The summed E-state index contributed by atoms with van der Waals surface area (Å²) in [5.74, 6) is 0.418. The Morgan fingerprint density at radius 3 is 2.76 bits per heavy atom. The van der Waals surface area contributed by atoms with Gasteiger partial charge in [0.1, 0.15) is 11.7 Å². The summed E-state index contributed by atoms with van der Waals surface area (Å²) in [5, 5.41) is 10.9. The predicted octanol–water partition coefficient (Wildman–Crippen LogP) is -0.367. The fourth-order valence-corrected chi connectivity index (χ4v) is 4.60. The van der Waals surface area contributed by atoms with Crippen molar-refractivity contribution in [3.8, 4) is 12.3 Å². The van der Waals surface area contributed by atoms with Gasteiger partial charge in [-0.05, 0) is 13.3 Å². The van der Waals surface area contributed by atoms with Gasteiger partial charge in [0, 0.05) is 5.41 Å². The fourth-order valence-electron chi connectivity index (χ4n) is 4.60. The van der Waals surface area contributed by atoms with E-state index in [-0.39, 0.29) is 12.4 Å². The maximum atomic E-state index is 12.7. The number of ether oxygens (including phenoxy) is 3. The fraction of sp³-hybridized carbons (Fsp3) is 0.733. The van der Waals surface area contributed by atoms with Crippen molar-refractivity contribution < 1.29 is 28.9 Å². The minimum atomic E-state index is -1.64. The Morgan fingerprint density at radius 2 is 2.10 bits per heavy atom. The third-order valence-corrected chi connectivity index (χ3v) is 5.85. The highest BCUT2D eigenvalue weighted by atomic mass is 16.7. The second kappa shape index (κ2) is 3.49. The Kier molecular flexibility index (Phi) is 2.20. The number of Topliss-reactive ketones (excluding diaryl/α,β-unsaturated/α-hetero) is 1. The zero-order valence-electron chi connectivity index (χ0n) is 11.8. The Morgan fingerprint density at radius 1 is 1.38 bits per heavy atom. The van der Waals surface area contributed by atoms with E-state index in [1.54, 1.807) is 0 Å². The van der Waals surface area contributed by atoms with Gasteiger partial charge in [-0.1, -0.05) is 12.8 Å². The quantitative estimate of drug-likeness (QED) is 0.485. The van der Waals surface area contributed by atoms with Crippen molar-refractivity contribution in [1.29, 1.82) is 0 Å². The van der Waals surface area contributed by atoms with Crippen LogP contribution in [-0.4, -0.2) is 47.1 Å². The van der Waals surface area contributed by atoms with Gasteiger partial charge in [-0.25, -0.2) is 0 Å². The lowest BCUT2D eigenvalue weighted by Crippen LogP contribution is -2.74. The maximum Gasteiger partial charge on any atom is 0.312 e. The number of aliphatic hydroxyl groups is 1. The number of esters is 1. The minimum Gasteiger partial charge on any atom is -0.459 e. The Labute approximate surface area is 121 Å². The molecule has 4 bridgehead atoms. The first-order valence-corrected chi connectivity index (χ1v) is 7.02. The number of terminal acetylenes is 1. The van der Waals surface area contributed by atoms with Crippen LogP contribution in [0.25, 0.3) is 0 Å². The molecule has 0 spiro atoms. The first-order valence-electron chi connectivity index (χ1n) is 7.02. The van der Waals surface area contributed by atoms with Crippen molar-refractivity contribution in [3.05, 3.63) is 0 Å². The molecule has 112 valence electrons. The SMILES string of the molecule is C#C[C@]12O[C@@H]3OC[C@H]4C(=O)O[C@H](C[C@@]4(C)[C@@H]1C3=O)[C@]2(C)O. The monoisotopic (exact) mass is 292 g/mol. The lowest BCUT2D eigenvalue weighted by atomic mass is 9.49. The van der Waals surface area contributed by atoms with E-state index in [0.717, 1.165) is 0 Å². The summed E-state index contributed by atoms with van der Waals surface area (Å²) in [6, 6.07) is 0. The second-order valence-corrected chi connectivity index (χ2v) is 6.83. The van der Waals surface area contributed by atoms with Crippen molar-refractivity contribution in [2.24, 2.45) is 17.3 Å². The van der Waals surface area contributed by atoms with Crippen molar-refractivity contribution >= 4 is 11.8 Å². The highest BCUT2D eigenvalue weighted by Gasteiger charge is 2.78. The summed E-state index contributed by atoms with van der Waals surface area (Å²) >= 11 is 0. The van der Waals surface area contributed by atoms with Crippen molar-refractivity contribution in [2.75, 3.05) is 6.61 Å². The Balaban J connectivity index is 2.02. The first-order chi connectivity index (χ1) is 9.78. The van der Waals surface area contributed by atoms with Crippen LogP contribution in [0.5, 0.6) is 0 Å². The number of fused-ring (bicyclic) bond motifs is 2. The number of hydrogen-bond donors (Lipinski definition) is 1. The lowest BCUT2D eigenvalue weighted by Gasteiger charge is -2.60. The standard InChI is InChI=1S/C15H16O6/c1-4-15-10-9(16)12(21-15)19-6-7-11(17)20-8(14(15,3)18)5-13(7,10)2/h1,7-8,10,12,18H,5-6H2,2-3H3/t7-,8+,10-,12-,13+,14-,15-/m0/s1. The number of rotatable bonds is 0. The normalized spacial score (nSPS) is 57.6. The molecular formula is C15H16O6. The molecule has 0 unspecified atom stereocenters. The van der Waals surface area contributed by atoms with E-state index < -0.39 is 46.8 Å². The molecule has 4 aliphatic rings. The smallest absolute Gasteiger partial charge is 0.312 e. The van der Waals surface area contributed by atoms with Gasteiger partial charge in [0.05, 0.1) is 18.4 Å². The van der Waals surface area contributed by atoms with Crippen molar-refractivity contribution in [3.63, 3.8) is 0 Å². The van der Waals surface area contributed by atoms with Gasteiger partial charge in [0.2, 0.25) is 6.29 Å². The number of hydrogen-bond acceptors (Lipinski definition) is 6. The van der Waals surface area contributed by atoms with Crippen LogP contribution in [-0.2, 0) is 23.8 Å². The minimum absolute atomic E-state index is 0.0672. The molecule has 0 aromatic rings. The molecule has 4 fully saturated rings. The first kappa shape index (κ1) is 13.3. The van der Waals surface area contributed by atoms with Gasteiger partial charge >= 0.3 is 5.97 Å². The summed E-state index contributed by atoms with van der Waals surface area (Å²) in [5.41, 5.74) is -3.89. The van der Waals surface area contributed by atoms with Crippen LogP contribution < -0.4 is 0 Å². The third kappa shape index (κ3) is 1.19. The van der Waals surface area contributed by atoms with E-state index in [4.69, 9.17) is 20.6 Å². The molecule has 0 amide bonds. The van der Waals surface area contributed by atoms with E-state index in [0.29, 0.717) is 6.42 Å². The Bertz CT molecular complexity index is 604. The van der Waals surface area contributed by atoms with Crippen molar-refractivity contribution in [1.82, 2.24) is 0 Å². The number of carbonyl (C=O) groups is 2. The number of carbonyl (C=O) groups excluding carboxylic acids is 2. The van der Waals surface area contributed by atoms with Gasteiger partial charge < -0.3 is 19.3 Å². The second-order valence-electron chi connectivity index (χ2n) is 6.83. The molecule has 0 aromatic carbocycles. The summed E-state index contributed by atoms with van der Waals surface area (Å²) in [6.45, 7) is 3.38. The maximum absolute atomic E-state index is 12.7. The highest BCUT2D eigenvalue weighted by Crippen LogP contribution is 2.63. The number of ketones is 1. The largest absolute Gasteiger partial charge is 0.459 e. The molecular weight excluding hydrogens is 276 g/mol. The average molecular weight is 292 g/mol. The van der Waals surface area contributed by atoms with E-state index in [1.165, 1.54) is 6.92 Å². The molecule has 3 heterocycles. The topological polar surface area (TPSA) is 82.1 Å². The van der Waals surface area contributed by atoms with Crippen LogP contribution in [0.15, 0.2) is 0 Å². The van der Waals surface area contributed by atoms with Crippen LogP contribution in [0.4, 0.5) is 0 Å². The zero-order chi connectivity index (χ0) is 15.2. The molecule has 0 radical (unpaired) electrons. The molecule has 1 aliphatic carbocycles. The average Bonchev–Trinajstić information content (AvgIpc) is 2.64. The molecule has 6 nitrogen and oxygen atoms in total. The summed E-state index contributed by atoms with van der Waals surface area (Å²) in [4.78, 5) is 24.9. The highest BCUT2D eigenvalue weighted by molar-refractivity contribution is 5.92. The van der Waals surface area contributed by atoms with Gasteiger partial charge in [0.25, 0.3) is 0 Å². The van der Waals surface area contributed by atoms with E-state index >= 15 is 0 Å². The summed E-state index contributed by atoms with van der Waals surface area (Å²) < 4.78 is 16.5. The summed E-state index contributed by atoms with van der Waals surface area (Å²) in [6.07, 6.45) is 4.13. The van der Waals surface area contributed by atoms with Crippen molar-refractivity contribution in [2.45, 2.75) is 43.9 Å². The summed E-state index contributed by atoms with van der Waals surface area (Å²) in [7, 11) is 0. The van der Waals surface area contributed by atoms with Gasteiger partial charge in [-0.3, -0.25) is 9.59 Å².